The fourth-order valence-corrected chi connectivity index (χ4v) is 4.90. The van der Waals surface area contributed by atoms with Crippen molar-refractivity contribution in [2.24, 2.45) is 0 Å². The summed E-state index contributed by atoms with van der Waals surface area (Å²) in [6.45, 7) is 4.58. The van der Waals surface area contributed by atoms with Gasteiger partial charge in [0, 0.05) is 22.9 Å². The number of likely N-dealkylation sites (N-methyl/N-ethyl adjacent to an activating group) is 1. The molecule has 0 amide bonds. The van der Waals surface area contributed by atoms with Crippen molar-refractivity contribution >= 4 is 44.7 Å². The van der Waals surface area contributed by atoms with E-state index in [4.69, 9.17) is 0 Å². The number of pyridine rings is 1. The van der Waals surface area contributed by atoms with Gasteiger partial charge in [0.05, 0.1) is 5.52 Å². The van der Waals surface area contributed by atoms with Gasteiger partial charge in [0.1, 0.15) is 16.3 Å². The van der Waals surface area contributed by atoms with E-state index in [1.165, 1.54) is 17.4 Å². The molecule has 30 heavy (non-hydrogen) atoms. The maximum absolute atomic E-state index is 15.0. The number of benzene rings is 2. The minimum Gasteiger partial charge on any atom is -0.507 e. The van der Waals surface area contributed by atoms with Crippen LogP contribution in [0.4, 0.5) is 4.39 Å². The lowest BCUT2D eigenvalue weighted by Gasteiger charge is -2.19. The van der Waals surface area contributed by atoms with Crippen molar-refractivity contribution in [3.63, 3.8) is 0 Å². The Morgan fingerprint density at radius 3 is 2.63 bits per heavy atom. The van der Waals surface area contributed by atoms with Crippen LogP contribution in [-0.2, 0) is 0 Å². The van der Waals surface area contributed by atoms with Crippen LogP contribution in [0.15, 0.2) is 40.5 Å². The molecule has 4 rings (SSSR count). The number of aromatic amines is 1. The monoisotopic (exact) mass is 446 g/mol. The quantitative estimate of drug-likeness (QED) is 0.426. The third-order valence-electron chi connectivity index (χ3n) is 5.34. The van der Waals surface area contributed by atoms with Crippen LogP contribution in [0.2, 0.25) is 0 Å². The Morgan fingerprint density at radius 2 is 1.97 bits per heavy atom. The van der Waals surface area contributed by atoms with Crippen LogP contribution in [-0.4, -0.2) is 35.6 Å². The SMILES string of the molecule is Cc1cc(O)c(-c2ccc([C@H](C)CN(C)C)c(F)c2)c2c1[nH]c(=O)c1sccc12.Cl. The zero-order chi connectivity index (χ0) is 20.9. The predicted molar refractivity (Wildman–Crippen MR) is 126 cm³/mol. The molecule has 0 spiro atoms. The number of aromatic nitrogens is 1. The standard InChI is InChI=1S/C23H23FN2O2S.ClH/c1-12-9-18(27)19(20-16-7-8-29-22(16)23(28)25-21(12)20)14-5-6-15(17(24)10-14)13(2)11-26(3)4;/h5-10,13,27H,11H2,1-4H3,(H,25,28);1H/t13-;/m1./s1. The zero-order valence-electron chi connectivity index (χ0n) is 17.2. The smallest absolute Gasteiger partial charge is 0.266 e. The summed E-state index contributed by atoms with van der Waals surface area (Å²) in [6.07, 6.45) is 0. The van der Waals surface area contributed by atoms with Crippen molar-refractivity contribution in [2.75, 3.05) is 20.6 Å². The number of nitrogens with zero attached hydrogens (tertiary/aromatic N) is 1. The van der Waals surface area contributed by atoms with E-state index in [-0.39, 0.29) is 35.5 Å². The Balaban J connectivity index is 0.00000256. The van der Waals surface area contributed by atoms with Gasteiger partial charge in [0.15, 0.2) is 0 Å². The summed E-state index contributed by atoms with van der Waals surface area (Å²) in [5.74, 6) is -0.179. The van der Waals surface area contributed by atoms with E-state index in [1.54, 1.807) is 12.1 Å². The van der Waals surface area contributed by atoms with Crippen LogP contribution in [0.5, 0.6) is 5.75 Å². The van der Waals surface area contributed by atoms with Crippen LogP contribution in [0.25, 0.3) is 32.1 Å². The molecule has 158 valence electrons. The molecule has 0 aliphatic carbocycles. The number of hydrogen-bond acceptors (Lipinski definition) is 4. The second-order valence-electron chi connectivity index (χ2n) is 7.85. The van der Waals surface area contributed by atoms with Gasteiger partial charge in [-0.25, -0.2) is 4.39 Å². The molecule has 0 saturated heterocycles. The van der Waals surface area contributed by atoms with Gasteiger partial charge >= 0.3 is 0 Å². The second kappa shape index (κ2) is 8.38. The van der Waals surface area contributed by atoms with Gasteiger partial charge < -0.3 is 15.0 Å². The zero-order valence-corrected chi connectivity index (χ0v) is 18.9. The molecule has 0 aliphatic rings. The largest absolute Gasteiger partial charge is 0.507 e. The molecule has 7 heteroatoms. The molecular weight excluding hydrogens is 423 g/mol. The molecule has 2 aromatic heterocycles. The molecule has 2 N–H and O–H groups in total. The van der Waals surface area contributed by atoms with E-state index in [0.29, 0.717) is 26.9 Å². The molecule has 4 nitrogen and oxygen atoms in total. The average Bonchev–Trinajstić information content (AvgIpc) is 3.12. The number of halogens is 2. The normalized spacial score (nSPS) is 12.5. The van der Waals surface area contributed by atoms with Crippen molar-refractivity contribution in [1.29, 1.82) is 0 Å². The van der Waals surface area contributed by atoms with Crippen molar-refractivity contribution < 1.29 is 9.50 Å². The van der Waals surface area contributed by atoms with Crippen LogP contribution in [0.1, 0.15) is 24.0 Å². The Labute approximate surface area is 184 Å². The lowest BCUT2D eigenvalue weighted by atomic mass is 9.92. The highest BCUT2D eigenvalue weighted by Gasteiger charge is 2.19. The molecule has 1 atom stereocenters. The highest BCUT2D eigenvalue weighted by Crippen LogP contribution is 2.41. The van der Waals surface area contributed by atoms with Gasteiger partial charge in [-0.3, -0.25) is 4.79 Å². The van der Waals surface area contributed by atoms with E-state index in [9.17, 15) is 9.90 Å². The van der Waals surface area contributed by atoms with E-state index in [0.717, 1.165) is 22.9 Å². The maximum Gasteiger partial charge on any atom is 0.266 e. The van der Waals surface area contributed by atoms with E-state index in [2.05, 4.69) is 4.98 Å². The summed E-state index contributed by atoms with van der Waals surface area (Å²) in [5.41, 5.74) is 3.05. The first-order valence-corrected chi connectivity index (χ1v) is 10.4. The van der Waals surface area contributed by atoms with E-state index >= 15 is 4.39 Å². The molecule has 0 bridgehead atoms. The molecule has 0 fully saturated rings. The Kier molecular flexibility index (Phi) is 6.22. The minimum atomic E-state index is -0.295. The molecule has 2 aromatic carbocycles. The fourth-order valence-electron chi connectivity index (χ4n) is 4.10. The highest BCUT2D eigenvalue weighted by atomic mass is 35.5. The highest BCUT2D eigenvalue weighted by molar-refractivity contribution is 7.17. The molecule has 0 aliphatic heterocycles. The van der Waals surface area contributed by atoms with Gasteiger partial charge in [0.25, 0.3) is 5.56 Å². The third kappa shape index (κ3) is 3.71. The van der Waals surface area contributed by atoms with Crippen molar-refractivity contribution in [3.05, 3.63) is 63.0 Å². The van der Waals surface area contributed by atoms with Crippen LogP contribution >= 0.6 is 23.7 Å². The van der Waals surface area contributed by atoms with Crippen LogP contribution in [0, 0.1) is 12.7 Å². The summed E-state index contributed by atoms with van der Waals surface area (Å²) < 4.78 is 15.6. The molecule has 4 aromatic rings. The lowest BCUT2D eigenvalue weighted by molar-refractivity contribution is 0.378. The first-order valence-electron chi connectivity index (χ1n) is 9.48. The summed E-state index contributed by atoms with van der Waals surface area (Å²) >= 11 is 1.36. The molecule has 2 heterocycles. The average molecular weight is 447 g/mol. The summed E-state index contributed by atoms with van der Waals surface area (Å²) in [7, 11) is 3.93. The van der Waals surface area contributed by atoms with Gasteiger partial charge in [-0.1, -0.05) is 19.1 Å². The van der Waals surface area contributed by atoms with Gasteiger partial charge in [-0.2, -0.15) is 0 Å². The van der Waals surface area contributed by atoms with Crippen molar-refractivity contribution in [3.8, 4) is 16.9 Å². The van der Waals surface area contributed by atoms with Crippen LogP contribution in [0.3, 0.4) is 0 Å². The maximum atomic E-state index is 15.0. The van der Waals surface area contributed by atoms with E-state index < -0.39 is 0 Å². The number of rotatable bonds is 4. The number of H-pyrrole nitrogens is 1. The Morgan fingerprint density at radius 1 is 1.23 bits per heavy atom. The number of hydrogen-bond donors (Lipinski definition) is 2. The fraction of sp³-hybridized carbons (Fsp3) is 0.261. The number of phenolic OH excluding ortho intramolecular Hbond substituents is 1. The molecule has 0 saturated carbocycles. The van der Waals surface area contributed by atoms with Gasteiger partial charge in [-0.15, -0.1) is 23.7 Å². The lowest BCUT2D eigenvalue weighted by Crippen LogP contribution is -2.19. The molecular formula is C23H24ClFN2O2S. The Bertz CT molecular complexity index is 1300. The number of aryl methyl sites for hydroxylation is 1. The summed E-state index contributed by atoms with van der Waals surface area (Å²) in [6, 6.07) is 8.61. The van der Waals surface area contributed by atoms with Gasteiger partial charge in [-0.05, 0) is 67.2 Å². The number of phenols is 1. The van der Waals surface area contributed by atoms with Crippen molar-refractivity contribution in [1.82, 2.24) is 9.88 Å². The number of thiophene rings is 1. The topological polar surface area (TPSA) is 56.3 Å². The first-order chi connectivity index (χ1) is 13.8. The second-order valence-corrected chi connectivity index (χ2v) is 8.77. The summed E-state index contributed by atoms with van der Waals surface area (Å²) in [4.78, 5) is 17.4. The van der Waals surface area contributed by atoms with E-state index in [1.807, 2.05) is 50.4 Å². The molecule has 0 unspecified atom stereocenters. The first kappa shape index (κ1) is 22.3. The number of fused-ring (bicyclic) bond motifs is 3. The Hall–Kier alpha value is -2.41. The molecule has 0 radical (unpaired) electrons. The summed E-state index contributed by atoms with van der Waals surface area (Å²) in [5, 5.41) is 14.1. The number of aromatic hydroxyl groups is 1. The third-order valence-corrected chi connectivity index (χ3v) is 6.26. The van der Waals surface area contributed by atoms with Crippen molar-refractivity contribution in [2.45, 2.75) is 19.8 Å². The predicted octanol–water partition coefficient (Wildman–Crippen LogP) is 5.65. The van der Waals surface area contributed by atoms with Gasteiger partial charge in [0.2, 0.25) is 0 Å². The minimum absolute atomic E-state index is 0. The number of nitrogens with one attached hydrogen (secondary N) is 1. The van der Waals surface area contributed by atoms with Crippen LogP contribution < -0.4 is 5.56 Å².